The van der Waals surface area contributed by atoms with Crippen LogP contribution in [-0.4, -0.2) is 17.5 Å². The Balaban J connectivity index is 3.12. The molecule has 1 rings (SSSR count). The summed E-state index contributed by atoms with van der Waals surface area (Å²) in [6.45, 7) is 1.86. The summed E-state index contributed by atoms with van der Waals surface area (Å²) in [5.74, 6) is -0.565. The minimum absolute atomic E-state index is 0.109. The average molecular weight is 259 g/mol. The first kappa shape index (κ1) is 13.2. The molecule has 0 radical (unpaired) electrons. The number of nitrogens with two attached hydrogens (primary N) is 1. The molecule has 1 aromatic rings. The number of esters is 1. The Bertz CT molecular complexity index is 462. The van der Waals surface area contributed by atoms with Crippen molar-refractivity contribution in [3.8, 4) is 0 Å². The lowest BCUT2D eigenvalue weighted by molar-refractivity contribution is -0.385. The molecule has 0 heterocycles. The number of nitro benzene ring substituents is 1. The van der Waals surface area contributed by atoms with E-state index in [1.165, 1.54) is 6.07 Å². The van der Waals surface area contributed by atoms with Crippen molar-refractivity contribution in [2.75, 3.05) is 12.3 Å². The van der Waals surface area contributed by atoms with Crippen LogP contribution in [0.5, 0.6) is 0 Å². The third-order valence-corrected chi connectivity index (χ3v) is 2.27. The molecular formula is C10H11ClN2O4. The number of nitrogens with zero attached hydrogens (tertiary/aromatic N) is 1. The molecule has 2 N–H and O–H groups in total. The number of rotatable bonds is 4. The van der Waals surface area contributed by atoms with Gasteiger partial charge in [-0.3, -0.25) is 14.9 Å². The highest BCUT2D eigenvalue weighted by molar-refractivity contribution is 6.31. The zero-order valence-electron chi connectivity index (χ0n) is 9.10. The number of anilines is 1. The van der Waals surface area contributed by atoms with Crippen molar-refractivity contribution in [3.63, 3.8) is 0 Å². The molecule has 0 spiro atoms. The summed E-state index contributed by atoms with van der Waals surface area (Å²) in [5.41, 5.74) is 5.56. The van der Waals surface area contributed by atoms with Gasteiger partial charge in [0.2, 0.25) is 0 Å². The van der Waals surface area contributed by atoms with E-state index in [9.17, 15) is 14.9 Å². The number of nitro groups is 1. The molecule has 0 aliphatic rings. The van der Waals surface area contributed by atoms with E-state index in [1.54, 1.807) is 6.92 Å². The maximum atomic E-state index is 11.3. The quantitative estimate of drug-likeness (QED) is 0.385. The lowest BCUT2D eigenvalue weighted by Gasteiger charge is -2.07. The number of hydrogen-bond acceptors (Lipinski definition) is 5. The number of carbonyl (C=O) groups is 1. The van der Waals surface area contributed by atoms with Gasteiger partial charge in [0.15, 0.2) is 0 Å². The zero-order valence-corrected chi connectivity index (χ0v) is 9.86. The highest BCUT2D eigenvalue weighted by atomic mass is 35.5. The van der Waals surface area contributed by atoms with Crippen LogP contribution >= 0.6 is 11.6 Å². The smallest absolute Gasteiger partial charge is 0.310 e. The third-order valence-electron chi connectivity index (χ3n) is 2.05. The van der Waals surface area contributed by atoms with E-state index in [4.69, 9.17) is 22.1 Å². The normalized spacial score (nSPS) is 10.0. The molecule has 92 valence electrons. The number of benzene rings is 1. The van der Waals surface area contributed by atoms with Gasteiger partial charge in [0.05, 0.1) is 23.5 Å². The summed E-state index contributed by atoms with van der Waals surface area (Å²) < 4.78 is 4.72. The summed E-state index contributed by atoms with van der Waals surface area (Å²) in [4.78, 5) is 21.5. The van der Waals surface area contributed by atoms with Gasteiger partial charge in [0.1, 0.15) is 0 Å². The van der Waals surface area contributed by atoms with E-state index in [-0.39, 0.29) is 35.0 Å². The van der Waals surface area contributed by atoms with Gasteiger partial charge in [-0.2, -0.15) is 0 Å². The van der Waals surface area contributed by atoms with Gasteiger partial charge in [-0.15, -0.1) is 0 Å². The molecule has 0 aromatic heterocycles. The molecule has 0 fully saturated rings. The molecular weight excluding hydrogens is 248 g/mol. The van der Waals surface area contributed by atoms with Crippen LogP contribution < -0.4 is 5.73 Å². The van der Waals surface area contributed by atoms with Gasteiger partial charge >= 0.3 is 5.97 Å². The van der Waals surface area contributed by atoms with E-state index in [1.807, 2.05) is 0 Å². The summed E-state index contributed by atoms with van der Waals surface area (Å²) in [6.07, 6.45) is -0.243. The fourth-order valence-corrected chi connectivity index (χ4v) is 1.58. The Morgan fingerprint density at radius 1 is 1.59 bits per heavy atom. The lowest BCUT2D eigenvalue weighted by atomic mass is 10.1. The largest absolute Gasteiger partial charge is 0.466 e. The second-order valence-corrected chi connectivity index (χ2v) is 3.67. The highest BCUT2D eigenvalue weighted by Crippen LogP contribution is 2.29. The molecule has 0 aliphatic heterocycles. The molecule has 0 unspecified atom stereocenters. The molecule has 0 saturated heterocycles. The minimum Gasteiger partial charge on any atom is -0.466 e. The fourth-order valence-electron chi connectivity index (χ4n) is 1.35. The minimum atomic E-state index is -0.628. The van der Waals surface area contributed by atoms with Crippen LogP contribution in [0.2, 0.25) is 5.02 Å². The van der Waals surface area contributed by atoms with Crippen molar-refractivity contribution >= 4 is 28.9 Å². The molecule has 0 amide bonds. The van der Waals surface area contributed by atoms with Gasteiger partial charge in [-0.25, -0.2) is 0 Å². The molecule has 17 heavy (non-hydrogen) atoms. The Labute approximate surface area is 102 Å². The van der Waals surface area contributed by atoms with Crippen molar-refractivity contribution in [1.29, 1.82) is 0 Å². The van der Waals surface area contributed by atoms with Crippen molar-refractivity contribution in [2.45, 2.75) is 13.3 Å². The summed E-state index contributed by atoms with van der Waals surface area (Å²) in [6, 6.07) is 2.52. The predicted molar refractivity (Wildman–Crippen MR) is 62.9 cm³/mol. The number of halogens is 1. The second-order valence-electron chi connectivity index (χ2n) is 3.23. The Hall–Kier alpha value is -1.82. The second kappa shape index (κ2) is 5.49. The number of ether oxygens (including phenoxy) is 1. The van der Waals surface area contributed by atoms with Crippen molar-refractivity contribution in [3.05, 3.63) is 32.8 Å². The van der Waals surface area contributed by atoms with E-state index >= 15 is 0 Å². The Morgan fingerprint density at radius 2 is 2.24 bits per heavy atom. The first-order chi connectivity index (χ1) is 7.95. The van der Waals surface area contributed by atoms with E-state index in [2.05, 4.69) is 0 Å². The lowest BCUT2D eigenvalue weighted by Crippen LogP contribution is -2.11. The summed E-state index contributed by atoms with van der Waals surface area (Å²) in [5, 5.41) is 11.0. The van der Waals surface area contributed by atoms with Gasteiger partial charge in [0.25, 0.3) is 5.69 Å². The van der Waals surface area contributed by atoms with Gasteiger partial charge < -0.3 is 10.5 Å². The summed E-state index contributed by atoms with van der Waals surface area (Å²) in [7, 11) is 0. The molecule has 0 saturated carbocycles. The topological polar surface area (TPSA) is 95.5 Å². The van der Waals surface area contributed by atoms with Crippen LogP contribution in [0, 0.1) is 10.1 Å². The zero-order chi connectivity index (χ0) is 13.0. The Morgan fingerprint density at radius 3 is 2.76 bits per heavy atom. The highest BCUT2D eigenvalue weighted by Gasteiger charge is 2.21. The van der Waals surface area contributed by atoms with Crippen molar-refractivity contribution in [1.82, 2.24) is 0 Å². The van der Waals surface area contributed by atoms with Crippen LogP contribution in [0.15, 0.2) is 12.1 Å². The summed E-state index contributed by atoms with van der Waals surface area (Å²) >= 11 is 5.66. The third kappa shape index (κ3) is 3.32. The molecule has 1 aromatic carbocycles. The molecule has 0 atom stereocenters. The van der Waals surface area contributed by atoms with Crippen LogP contribution in [0.25, 0.3) is 0 Å². The number of hydrogen-bond donors (Lipinski definition) is 1. The standard InChI is InChI=1S/C10H11ClN2O4/c1-2-17-10(14)5-7-8(12)3-6(11)4-9(7)13(15)16/h3-4H,2,5,12H2,1H3. The van der Waals surface area contributed by atoms with Crippen molar-refractivity contribution in [2.24, 2.45) is 0 Å². The maximum absolute atomic E-state index is 11.3. The van der Waals surface area contributed by atoms with Crippen LogP contribution in [0.3, 0.4) is 0 Å². The van der Waals surface area contributed by atoms with Crippen molar-refractivity contribution < 1.29 is 14.5 Å². The van der Waals surface area contributed by atoms with Crippen LogP contribution in [-0.2, 0) is 16.0 Å². The monoisotopic (exact) mass is 258 g/mol. The van der Waals surface area contributed by atoms with Crippen LogP contribution in [0.4, 0.5) is 11.4 Å². The number of nitrogen functional groups attached to an aromatic ring is 1. The van der Waals surface area contributed by atoms with Gasteiger partial charge in [0, 0.05) is 16.8 Å². The van der Waals surface area contributed by atoms with Crippen LogP contribution in [0.1, 0.15) is 12.5 Å². The molecule has 0 bridgehead atoms. The number of carbonyl (C=O) groups excluding carboxylic acids is 1. The Kier molecular flexibility index (Phi) is 4.28. The van der Waals surface area contributed by atoms with Gasteiger partial charge in [-0.05, 0) is 13.0 Å². The fraction of sp³-hybridized carbons (Fsp3) is 0.300. The molecule has 0 aliphatic carbocycles. The van der Waals surface area contributed by atoms with E-state index < -0.39 is 10.9 Å². The van der Waals surface area contributed by atoms with Gasteiger partial charge in [-0.1, -0.05) is 11.6 Å². The molecule has 6 nitrogen and oxygen atoms in total. The molecule has 7 heteroatoms. The van der Waals surface area contributed by atoms with E-state index in [0.29, 0.717) is 0 Å². The first-order valence-electron chi connectivity index (χ1n) is 4.83. The SMILES string of the molecule is CCOC(=O)Cc1c(N)cc(Cl)cc1[N+](=O)[O-]. The average Bonchev–Trinajstić information content (AvgIpc) is 2.21. The maximum Gasteiger partial charge on any atom is 0.310 e. The predicted octanol–water partition coefficient (Wildman–Crippen LogP) is 1.94. The first-order valence-corrected chi connectivity index (χ1v) is 5.21. The van der Waals surface area contributed by atoms with E-state index in [0.717, 1.165) is 6.07 Å².